The van der Waals surface area contributed by atoms with Crippen LogP contribution in [0, 0.1) is 0 Å². The Morgan fingerprint density at radius 2 is 2.20 bits per heavy atom. The number of hydrogen-bond acceptors (Lipinski definition) is 8. The van der Waals surface area contributed by atoms with Crippen molar-refractivity contribution in [2.75, 3.05) is 30.4 Å². The lowest BCUT2D eigenvalue weighted by Crippen LogP contribution is -2.50. The highest BCUT2D eigenvalue weighted by Crippen LogP contribution is 2.20. The number of nitrogen functional groups attached to an aromatic ring is 1. The van der Waals surface area contributed by atoms with Crippen molar-refractivity contribution in [3.63, 3.8) is 0 Å². The molecule has 0 bridgehead atoms. The minimum absolute atomic E-state index is 0.0425. The second-order valence-corrected chi connectivity index (χ2v) is 5.08. The number of aliphatic hydroxyl groups excluding tert-OH is 1. The minimum Gasteiger partial charge on any atom is -0.461 e. The largest absolute Gasteiger partial charge is 0.461 e. The number of hydrogen-bond donors (Lipinski definition) is 2. The fraction of sp³-hybridized carbons (Fsp3) is 0.750. The van der Waals surface area contributed by atoms with Gasteiger partial charge in [-0.1, -0.05) is 0 Å². The van der Waals surface area contributed by atoms with Crippen molar-refractivity contribution in [3.8, 4) is 6.01 Å². The summed E-state index contributed by atoms with van der Waals surface area (Å²) in [5.74, 6) is 0.562. The molecule has 0 aliphatic carbocycles. The Morgan fingerprint density at radius 1 is 1.45 bits per heavy atom. The van der Waals surface area contributed by atoms with Crippen LogP contribution in [0.3, 0.4) is 0 Å². The molecular formula is C12H21N5O3. The van der Waals surface area contributed by atoms with Crippen LogP contribution < -0.4 is 15.4 Å². The number of anilines is 2. The Balaban J connectivity index is 2.23. The number of nitrogens with zero attached hydrogens (tertiary/aromatic N) is 4. The average Bonchev–Trinajstić information content (AvgIpc) is 2.37. The van der Waals surface area contributed by atoms with E-state index in [1.807, 2.05) is 25.7 Å². The maximum atomic E-state index is 9.22. The molecule has 1 fully saturated rings. The normalized spacial score (nSPS) is 23.1. The molecule has 0 amide bonds. The molecule has 2 unspecified atom stereocenters. The summed E-state index contributed by atoms with van der Waals surface area (Å²) in [6.45, 7) is 6.73. The van der Waals surface area contributed by atoms with Crippen molar-refractivity contribution in [1.82, 2.24) is 15.0 Å². The van der Waals surface area contributed by atoms with E-state index in [0.29, 0.717) is 19.1 Å². The summed E-state index contributed by atoms with van der Waals surface area (Å²) in [6.07, 6.45) is -0.296. The lowest BCUT2D eigenvalue weighted by Gasteiger charge is -2.37. The predicted octanol–water partition coefficient (Wildman–Crippen LogP) is -0.173. The molecule has 1 aromatic heterocycles. The van der Waals surface area contributed by atoms with E-state index in [0.717, 1.165) is 0 Å². The Hall–Kier alpha value is -1.67. The van der Waals surface area contributed by atoms with Crippen LogP contribution in [-0.4, -0.2) is 58.1 Å². The van der Waals surface area contributed by atoms with Crippen LogP contribution in [-0.2, 0) is 4.74 Å². The van der Waals surface area contributed by atoms with E-state index in [2.05, 4.69) is 15.0 Å². The zero-order chi connectivity index (χ0) is 14.7. The molecule has 0 aromatic carbocycles. The quantitative estimate of drug-likeness (QED) is 0.784. The van der Waals surface area contributed by atoms with Gasteiger partial charge in [-0.3, -0.25) is 0 Å². The van der Waals surface area contributed by atoms with Crippen molar-refractivity contribution in [1.29, 1.82) is 0 Å². The maximum Gasteiger partial charge on any atom is 0.323 e. The summed E-state index contributed by atoms with van der Waals surface area (Å²) in [5.41, 5.74) is 5.70. The molecule has 2 rings (SSSR count). The van der Waals surface area contributed by atoms with Crippen molar-refractivity contribution in [2.24, 2.45) is 0 Å². The highest BCUT2D eigenvalue weighted by molar-refractivity contribution is 5.38. The first-order valence-electron chi connectivity index (χ1n) is 6.67. The molecule has 2 atom stereocenters. The van der Waals surface area contributed by atoms with Crippen LogP contribution in [0.4, 0.5) is 11.9 Å². The number of ether oxygens (including phenoxy) is 2. The van der Waals surface area contributed by atoms with E-state index in [-0.39, 0.29) is 36.8 Å². The molecule has 1 aromatic rings. The van der Waals surface area contributed by atoms with Crippen molar-refractivity contribution < 1.29 is 14.6 Å². The van der Waals surface area contributed by atoms with E-state index >= 15 is 0 Å². The van der Waals surface area contributed by atoms with Crippen molar-refractivity contribution >= 4 is 11.9 Å². The van der Waals surface area contributed by atoms with Crippen molar-refractivity contribution in [2.45, 2.75) is 39.0 Å². The highest BCUT2D eigenvalue weighted by Gasteiger charge is 2.28. The zero-order valence-electron chi connectivity index (χ0n) is 12.0. The lowest BCUT2D eigenvalue weighted by molar-refractivity contribution is -0.0108. The standard InChI is InChI=1S/C12H21N5O3/c1-7(2)20-12-15-10(13)14-11(16-12)17-4-9(5-18)19-6-8(17)3/h7-9,18H,4-6H2,1-3H3,(H2,13,14,15,16). The van der Waals surface area contributed by atoms with E-state index in [9.17, 15) is 5.11 Å². The number of aliphatic hydroxyl groups is 1. The number of rotatable bonds is 4. The molecule has 1 aliphatic heterocycles. The second-order valence-electron chi connectivity index (χ2n) is 5.08. The van der Waals surface area contributed by atoms with E-state index < -0.39 is 0 Å². The van der Waals surface area contributed by atoms with Crippen LogP contribution >= 0.6 is 0 Å². The number of nitrogens with two attached hydrogens (primary N) is 1. The van der Waals surface area contributed by atoms with Gasteiger partial charge in [0, 0.05) is 6.54 Å². The van der Waals surface area contributed by atoms with Gasteiger partial charge in [-0.2, -0.15) is 15.0 Å². The molecule has 1 aliphatic rings. The Labute approximate surface area is 117 Å². The smallest absolute Gasteiger partial charge is 0.323 e. The zero-order valence-corrected chi connectivity index (χ0v) is 12.0. The fourth-order valence-corrected chi connectivity index (χ4v) is 1.96. The Morgan fingerprint density at radius 3 is 2.85 bits per heavy atom. The summed E-state index contributed by atoms with van der Waals surface area (Å²) in [4.78, 5) is 14.3. The van der Waals surface area contributed by atoms with Gasteiger partial charge < -0.3 is 25.2 Å². The van der Waals surface area contributed by atoms with Gasteiger partial charge in [-0.15, -0.1) is 0 Å². The molecule has 0 saturated carbocycles. The maximum absolute atomic E-state index is 9.22. The van der Waals surface area contributed by atoms with Crippen LogP contribution in [0.5, 0.6) is 6.01 Å². The third-order valence-corrected chi connectivity index (χ3v) is 2.93. The van der Waals surface area contributed by atoms with Gasteiger partial charge in [0.25, 0.3) is 0 Å². The summed E-state index contributed by atoms with van der Waals surface area (Å²) in [6, 6.07) is 0.299. The molecule has 1 saturated heterocycles. The third-order valence-electron chi connectivity index (χ3n) is 2.93. The first-order chi connectivity index (χ1) is 9.49. The first-order valence-corrected chi connectivity index (χ1v) is 6.67. The van der Waals surface area contributed by atoms with Gasteiger partial charge in [0.15, 0.2) is 0 Å². The summed E-state index contributed by atoms with van der Waals surface area (Å²) >= 11 is 0. The van der Waals surface area contributed by atoms with Gasteiger partial charge in [-0.25, -0.2) is 0 Å². The molecule has 20 heavy (non-hydrogen) atoms. The monoisotopic (exact) mass is 283 g/mol. The van der Waals surface area contributed by atoms with Crippen LogP contribution in [0.2, 0.25) is 0 Å². The molecule has 3 N–H and O–H groups in total. The topological polar surface area (TPSA) is 107 Å². The van der Waals surface area contributed by atoms with Crippen molar-refractivity contribution in [3.05, 3.63) is 0 Å². The fourth-order valence-electron chi connectivity index (χ4n) is 1.96. The predicted molar refractivity (Wildman–Crippen MR) is 73.6 cm³/mol. The average molecular weight is 283 g/mol. The SMILES string of the molecule is CC(C)Oc1nc(N)nc(N2CC(CO)OCC2C)n1. The van der Waals surface area contributed by atoms with Gasteiger partial charge >= 0.3 is 6.01 Å². The Bertz CT molecular complexity index is 457. The van der Waals surface area contributed by atoms with E-state index in [1.165, 1.54) is 0 Å². The molecule has 0 radical (unpaired) electrons. The first kappa shape index (κ1) is 14.7. The lowest BCUT2D eigenvalue weighted by atomic mass is 10.2. The molecule has 8 heteroatoms. The number of aromatic nitrogens is 3. The summed E-state index contributed by atoms with van der Waals surface area (Å²) < 4.78 is 11.0. The molecule has 2 heterocycles. The van der Waals surface area contributed by atoms with E-state index in [4.69, 9.17) is 15.2 Å². The second kappa shape index (κ2) is 6.19. The molecule has 8 nitrogen and oxygen atoms in total. The van der Waals surface area contributed by atoms with Crippen LogP contribution in [0.15, 0.2) is 0 Å². The number of morpholine rings is 1. The summed E-state index contributed by atoms with van der Waals surface area (Å²) in [5, 5.41) is 9.22. The highest BCUT2D eigenvalue weighted by atomic mass is 16.5. The van der Waals surface area contributed by atoms with E-state index in [1.54, 1.807) is 0 Å². The third kappa shape index (κ3) is 3.45. The minimum atomic E-state index is -0.251. The van der Waals surface area contributed by atoms with Crippen LogP contribution in [0.1, 0.15) is 20.8 Å². The summed E-state index contributed by atoms with van der Waals surface area (Å²) in [7, 11) is 0. The molecular weight excluding hydrogens is 262 g/mol. The van der Waals surface area contributed by atoms with Gasteiger partial charge in [-0.05, 0) is 20.8 Å². The van der Waals surface area contributed by atoms with Gasteiger partial charge in [0.2, 0.25) is 11.9 Å². The Kier molecular flexibility index (Phi) is 4.56. The molecule has 112 valence electrons. The van der Waals surface area contributed by atoms with Crippen LogP contribution in [0.25, 0.3) is 0 Å². The molecule has 0 spiro atoms. The van der Waals surface area contributed by atoms with Gasteiger partial charge in [0.1, 0.15) is 0 Å². The van der Waals surface area contributed by atoms with Gasteiger partial charge in [0.05, 0.1) is 31.5 Å².